The normalized spacial score (nSPS) is 12.8. The predicted octanol–water partition coefficient (Wildman–Crippen LogP) is 2.54. The number of halogens is 2. The minimum Gasteiger partial charge on any atom is -0.465 e. The van der Waals surface area contributed by atoms with Gasteiger partial charge < -0.3 is 10.5 Å². The van der Waals surface area contributed by atoms with Crippen molar-refractivity contribution in [1.29, 1.82) is 0 Å². The highest BCUT2D eigenvalue weighted by Crippen LogP contribution is 2.25. The number of methoxy groups -OCH3 is 1. The summed E-state index contributed by atoms with van der Waals surface area (Å²) >= 11 is 6.03. The van der Waals surface area contributed by atoms with E-state index in [1.165, 1.54) is 36.7 Å². The summed E-state index contributed by atoms with van der Waals surface area (Å²) in [5.41, 5.74) is 6.14. The molecule has 1 rings (SSSR count). The molecule has 9 heteroatoms. The van der Waals surface area contributed by atoms with Gasteiger partial charge in [-0.05, 0) is 30.5 Å². The molecule has 0 aliphatic rings. The predicted molar refractivity (Wildman–Crippen MR) is 97.3 cm³/mol. The third-order valence-electron chi connectivity index (χ3n) is 3.67. The van der Waals surface area contributed by atoms with Crippen LogP contribution in [0.25, 0.3) is 0 Å². The van der Waals surface area contributed by atoms with E-state index in [4.69, 9.17) is 17.3 Å². The summed E-state index contributed by atoms with van der Waals surface area (Å²) in [6.45, 7) is 4.26. The van der Waals surface area contributed by atoms with Crippen molar-refractivity contribution in [3.63, 3.8) is 0 Å². The second-order valence-electron chi connectivity index (χ2n) is 5.66. The van der Waals surface area contributed by atoms with Gasteiger partial charge in [0, 0.05) is 19.6 Å². The monoisotopic (exact) mass is 398 g/mol. The van der Waals surface area contributed by atoms with Gasteiger partial charge in [0.15, 0.2) is 0 Å². The molecule has 0 saturated carbocycles. The Kier molecular flexibility index (Phi) is 9.24. The summed E-state index contributed by atoms with van der Waals surface area (Å²) in [6, 6.07) is 3.89. The molecule has 0 aliphatic heterocycles. The zero-order chi connectivity index (χ0) is 17.8. The van der Waals surface area contributed by atoms with E-state index in [2.05, 4.69) is 4.74 Å². The number of benzene rings is 1. The van der Waals surface area contributed by atoms with Gasteiger partial charge in [-0.3, -0.25) is 0 Å². The van der Waals surface area contributed by atoms with Gasteiger partial charge in [0.25, 0.3) is 0 Å². The molecule has 0 heterocycles. The third-order valence-corrected chi connectivity index (χ3v) is 6.01. The Morgan fingerprint density at radius 2 is 1.96 bits per heavy atom. The largest absolute Gasteiger partial charge is 0.465 e. The molecule has 0 bridgehead atoms. The lowest BCUT2D eigenvalue weighted by atomic mass is 10.0. The number of esters is 1. The van der Waals surface area contributed by atoms with Gasteiger partial charge >= 0.3 is 5.97 Å². The molecule has 0 aliphatic carbocycles. The smallest absolute Gasteiger partial charge is 0.337 e. The Balaban J connectivity index is 0.00000529. The standard InChI is InChI=1S/C15H23ClN2O4S.ClH/c1-10(2)13(17)7-8-18(3)23(20,21)14-6-5-11(9-12(14)16)15(19)22-4;/h5-6,9-10,13H,7-8,17H2,1-4H3;1H. The Hall–Kier alpha value is -0.860. The highest BCUT2D eigenvalue weighted by molar-refractivity contribution is 7.89. The Morgan fingerprint density at radius 1 is 1.38 bits per heavy atom. The molecular formula is C15H24Cl2N2O4S. The van der Waals surface area contributed by atoms with Crippen molar-refractivity contribution in [2.75, 3.05) is 20.7 Å². The lowest BCUT2D eigenvalue weighted by Crippen LogP contribution is -2.34. The maximum Gasteiger partial charge on any atom is 0.337 e. The first-order valence-corrected chi connectivity index (χ1v) is 9.02. The lowest BCUT2D eigenvalue weighted by Gasteiger charge is -2.21. The molecule has 0 saturated heterocycles. The SMILES string of the molecule is COC(=O)c1ccc(S(=O)(=O)N(C)CCC(N)C(C)C)c(Cl)c1.Cl. The van der Waals surface area contributed by atoms with Gasteiger partial charge in [-0.25, -0.2) is 17.5 Å². The van der Waals surface area contributed by atoms with Crippen LogP contribution in [0, 0.1) is 5.92 Å². The number of carbonyl (C=O) groups is 1. The molecule has 0 radical (unpaired) electrons. The van der Waals surface area contributed by atoms with E-state index in [-0.39, 0.29) is 46.4 Å². The second kappa shape index (κ2) is 9.58. The highest BCUT2D eigenvalue weighted by Gasteiger charge is 2.25. The average molecular weight is 399 g/mol. The number of rotatable bonds is 7. The molecule has 0 aromatic heterocycles. The van der Waals surface area contributed by atoms with Crippen LogP contribution in [-0.2, 0) is 14.8 Å². The molecular weight excluding hydrogens is 375 g/mol. The van der Waals surface area contributed by atoms with Crippen LogP contribution < -0.4 is 5.73 Å². The third kappa shape index (κ3) is 5.60. The molecule has 0 amide bonds. The van der Waals surface area contributed by atoms with Crippen molar-refractivity contribution in [3.8, 4) is 0 Å². The first kappa shape index (κ1) is 23.1. The zero-order valence-electron chi connectivity index (χ0n) is 14.2. The van der Waals surface area contributed by atoms with Crippen molar-refractivity contribution >= 4 is 40.0 Å². The van der Waals surface area contributed by atoms with Crippen LogP contribution in [-0.4, -0.2) is 45.4 Å². The highest BCUT2D eigenvalue weighted by atomic mass is 35.5. The van der Waals surface area contributed by atoms with Crippen LogP contribution in [0.3, 0.4) is 0 Å². The van der Waals surface area contributed by atoms with Gasteiger partial charge in [0.05, 0.1) is 17.7 Å². The summed E-state index contributed by atoms with van der Waals surface area (Å²) in [5.74, 6) is -0.304. The van der Waals surface area contributed by atoms with E-state index in [1.54, 1.807) is 0 Å². The summed E-state index contributed by atoms with van der Waals surface area (Å²) in [5, 5.41) is -0.0205. The number of nitrogens with zero attached hydrogens (tertiary/aromatic N) is 1. The number of nitrogens with two attached hydrogens (primary N) is 1. The molecule has 2 N–H and O–H groups in total. The Bertz CT molecular complexity index is 665. The van der Waals surface area contributed by atoms with Crippen molar-refractivity contribution in [2.24, 2.45) is 11.7 Å². The van der Waals surface area contributed by atoms with Gasteiger partial charge in [-0.15, -0.1) is 12.4 Å². The van der Waals surface area contributed by atoms with E-state index in [0.717, 1.165) is 0 Å². The van der Waals surface area contributed by atoms with Gasteiger partial charge in [0.2, 0.25) is 10.0 Å². The lowest BCUT2D eigenvalue weighted by molar-refractivity contribution is 0.0600. The molecule has 1 atom stereocenters. The Morgan fingerprint density at radius 3 is 2.42 bits per heavy atom. The zero-order valence-corrected chi connectivity index (χ0v) is 16.5. The van der Waals surface area contributed by atoms with E-state index in [9.17, 15) is 13.2 Å². The van der Waals surface area contributed by atoms with Crippen LogP contribution in [0.5, 0.6) is 0 Å². The number of hydrogen-bond donors (Lipinski definition) is 1. The maximum atomic E-state index is 12.6. The molecule has 1 aromatic rings. The number of ether oxygens (including phenoxy) is 1. The van der Waals surface area contributed by atoms with Gasteiger partial charge in [-0.2, -0.15) is 0 Å². The van der Waals surface area contributed by atoms with Crippen LogP contribution in [0.2, 0.25) is 5.02 Å². The fraction of sp³-hybridized carbons (Fsp3) is 0.533. The van der Waals surface area contributed by atoms with E-state index in [0.29, 0.717) is 6.42 Å². The van der Waals surface area contributed by atoms with Crippen molar-refractivity contribution in [1.82, 2.24) is 4.31 Å². The molecule has 24 heavy (non-hydrogen) atoms. The number of sulfonamides is 1. The molecule has 6 nitrogen and oxygen atoms in total. The molecule has 0 spiro atoms. The summed E-state index contributed by atoms with van der Waals surface area (Å²) in [6.07, 6.45) is 0.547. The summed E-state index contributed by atoms with van der Waals surface area (Å²) < 4.78 is 30.9. The second-order valence-corrected chi connectivity index (χ2v) is 8.08. The van der Waals surface area contributed by atoms with Crippen LogP contribution in [0.1, 0.15) is 30.6 Å². The number of carbonyl (C=O) groups excluding carboxylic acids is 1. The average Bonchev–Trinajstić information content (AvgIpc) is 2.50. The first-order chi connectivity index (χ1) is 10.6. The van der Waals surface area contributed by atoms with E-state index < -0.39 is 16.0 Å². The summed E-state index contributed by atoms with van der Waals surface area (Å²) in [4.78, 5) is 11.4. The quantitative estimate of drug-likeness (QED) is 0.712. The van der Waals surface area contributed by atoms with Crippen molar-refractivity contribution < 1.29 is 17.9 Å². The fourth-order valence-corrected chi connectivity index (χ4v) is 3.61. The molecule has 1 aromatic carbocycles. The molecule has 0 fully saturated rings. The summed E-state index contributed by atoms with van der Waals surface area (Å²) in [7, 11) is -1.02. The minimum atomic E-state index is -3.75. The fourth-order valence-electron chi connectivity index (χ4n) is 1.91. The van der Waals surface area contributed by atoms with Crippen LogP contribution in [0.15, 0.2) is 23.1 Å². The minimum absolute atomic E-state index is 0. The first-order valence-electron chi connectivity index (χ1n) is 7.21. The van der Waals surface area contributed by atoms with Crippen molar-refractivity contribution in [3.05, 3.63) is 28.8 Å². The van der Waals surface area contributed by atoms with Crippen LogP contribution >= 0.6 is 24.0 Å². The topological polar surface area (TPSA) is 89.7 Å². The number of hydrogen-bond acceptors (Lipinski definition) is 5. The van der Waals surface area contributed by atoms with Gasteiger partial charge in [0.1, 0.15) is 4.90 Å². The molecule has 1 unspecified atom stereocenters. The van der Waals surface area contributed by atoms with Gasteiger partial charge in [-0.1, -0.05) is 25.4 Å². The molecule has 138 valence electrons. The van der Waals surface area contributed by atoms with Crippen LogP contribution in [0.4, 0.5) is 0 Å². The van der Waals surface area contributed by atoms with E-state index >= 15 is 0 Å². The maximum absolute atomic E-state index is 12.6. The Labute approximate surface area is 154 Å². The van der Waals surface area contributed by atoms with Crippen molar-refractivity contribution in [2.45, 2.75) is 31.2 Å². The van der Waals surface area contributed by atoms with E-state index in [1.807, 2.05) is 13.8 Å².